The number of aromatic amines is 2. The maximum absolute atomic E-state index is 13.5. The van der Waals surface area contributed by atoms with Crippen LogP contribution >= 0.6 is 0 Å². The molecule has 52 heavy (non-hydrogen) atoms. The van der Waals surface area contributed by atoms with Crippen molar-refractivity contribution in [2.45, 2.75) is 76.0 Å². The van der Waals surface area contributed by atoms with E-state index in [1.54, 1.807) is 18.0 Å². The molecule has 0 spiro atoms. The largest absolute Gasteiger partial charge is 0.465 e. The van der Waals surface area contributed by atoms with Gasteiger partial charge in [-0.15, -0.1) is 0 Å². The number of benzene rings is 2. The Kier molecular flexibility index (Phi) is 9.97. The molecule has 5 N–H and O–H groups in total. The zero-order valence-corrected chi connectivity index (χ0v) is 29.3. The van der Waals surface area contributed by atoms with E-state index < -0.39 is 18.2 Å². The molecule has 3 aliphatic rings. The number of hydrogen-bond donors (Lipinski definition) is 5. The third-order valence-corrected chi connectivity index (χ3v) is 10.7. The lowest BCUT2D eigenvalue weighted by Crippen LogP contribution is -2.46. The van der Waals surface area contributed by atoms with E-state index in [1.807, 2.05) is 23.2 Å². The molecule has 2 saturated heterocycles. The number of amides is 4. The highest BCUT2D eigenvalue weighted by molar-refractivity contribution is 5.86. The van der Waals surface area contributed by atoms with Crippen LogP contribution < -0.4 is 10.6 Å². The van der Waals surface area contributed by atoms with Gasteiger partial charge in [0.25, 0.3) is 0 Å². The van der Waals surface area contributed by atoms with Gasteiger partial charge in [0.05, 0.1) is 48.9 Å². The van der Waals surface area contributed by atoms with Gasteiger partial charge in [-0.2, -0.15) is 0 Å². The molecule has 14 nitrogen and oxygen atoms in total. The van der Waals surface area contributed by atoms with Crippen LogP contribution in [0.3, 0.4) is 0 Å². The highest BCUT2D eigenvalue weighted by Gasteiger charge is 2.41. The number of carbonyl (C=O) groups is 4. The zero-order chi connectivity index (χ0) is 36.4. The molecule has 2 aliphatic heterocycles. The average molecular weight is 709 g/mol. The summed E-state index contributed by atoms with van der Waals surface area (Å²) in [5, 5.41) is 14.3. The van der Waals surface area contributed by atoms with Gasteiger partial charge in [0.2, 0.25) is 11.8 Å². The summed E-state index contributed by atoms with van der Waals surface area (Å²) in [5.41, 5.74) is 5.80. The molecule has 0 radical (unpaired) electrons. The molecule has 1 aliphatic carbocycles. The lowest BCUT2D eigenvalue weighted by atomic mass is 10.0. The van der Waals surface area contributed by atoms with E-state index in [9.17, 15) is 24.3 Å². The minimum Gasteiger partial charge on any atom is -0.465 e. The highest BCUT2D eigenvalue weighted by Crippen LogP contribution is 2.37. The second kappa shape index (κ2) is 14.9. The third kappa shape index (κ3) is 7.10. The first kappa shape index (κ1) is 34.8. The summed E-state index contributed by atoms with van der Waals surface area (Å²) in [4.78, 5) is 69.3. The van der Waals surface area contributed by atoms with E-state index in [1.165, 1.54) is 7.11 Å². The van der Waals surface area contributed by atoms with Gasteiger partial charge in [0.15, 0.2) is 0 Å². The maximum Gasteiger partial charge on any atom is 0.407 e. The fourth-order valence-electron chi connectivity index (χ4n) is 7.97. The van der Waals surface area contributed by atoms with Gasteiger partial charge < -0.3 is 40.2 Å². The van der Waals surface area contributed by atoms with Gasteiger partial charge >= 0.3 is 12.2 Å². The molecular weight excluding hydrogens is 664 g/mol. The van der Waals surface area contributed by atoms with Crippen LogP contribution in [0.1, 0.15) is 75.6 Å². The normalized spacial score (nSPS) is 22.0. The Hall–Kier alpha value is -5.66. The van der Waals surface area contributed by atoms with Crippen molar-refractivity contribution in [1.29, 1.82) is 0 Å². The lowest BCUT2D eigenvalue weighted by Gasteiger charge is -2.28. The number of imidazole rings is 2. The number of nitrogens with zero attached hydrogens (tertiary/aromatic N) is 4. The Morgan fingerprint density at radius 1 is 0.769 bits per heavy atom. The molecule has 4 aromatic rings. The molecule has 4 heterocycles. The van der Waals surface area contributed by atoms with Crippen molar-refractivity contribution in [3.05, 3.63) is 72.6 Å². The Balaban J connectivity index is 0.988. The summed E-state index contributed by atoms with van der Waals surface area (Å²) >= 11 is 0. The average Bonchev–Trinajstić information content (AvgIpc) is 4.00. The number of methoxy groups -OCH3 is 1. The standard InChI is InChI=1S/C38H44N8O6/c1-22(41-38(51)52-2)35(47)45-18-4-8-31(45)33-39-20-29(42-33)25-14-10-23(11-15-25)24-12-16-26(17-13-24)30-21-40-34(43-30)32-9-5-19-46(32)36(48)27-6-3-7-28(27)44-37(49)50/h10-17,20-22,27-28,31-32,44H,3-9,18-19H2,1-2H3,(H,39,42)(H,40,43)(H,41,51)(H,49,50)/t22-,27+,28+,31?,32?/m0/s1. The predicted octanol–water partition coefficient (Wildman–Crippen LogP) is 5.64. The van der Waals surface area contributed by atoms with Crippen molar-refractivity contribution in [3.8, 4) is 33.6 Å². The molecule has 14 heteroatoms. The zero-order valence-electron chi connectivity index (χ0n) is 29.3. The van der Waals surface area contributed by atoms with Crippen molar-refractivity contribution in [2.24, 2.45) is 5.92 Å². The fourth-order valence-corrected chi connectivity index (χ4v) is 7.97. The second-order valence-electron chi connectivity index (χ2n) is 13.8. The van der Waals surface area contributed by atoms with Crippen LogP contribution in [0.4, 0.5) is 9.59 Å². The smallest absolute Gasteiger partial charge is 0.407 e. The number of nitrogens with one attached hydrogen (secondary N) is 4. The number of carbonyl (C=O) groups excluding carboxylic acids is 3. The molecule has 272 valence electrons. The number of ether oxygens (including phenoxy) is 1. The predicted molar refractivity (Wildman–Crippen MR) is 192 cm³/mol. The number of carboxylic acid groups (broad SMARTS) is 1. The summed E-state index contributed by atoms with van der Waals surface area (Å²) in [6.45, 7) is 2.89. The first-order valence-electron chi connectivity index (χ1n) is 18.0. The molecule has 7 rings (SSSR count). The molecule has 2 unspecified atom stereocenters. The lowest BCUT2D eigenvalue weighted by molar-refractivity contribution is -0.137. The van der Waals surface area contributed by atoms with Crippen molar-refractivity contribution in [1.82, 2.24) is 40.4 Å². The molecule has 0 bridgehead atoms. The Bertz CT molecular complexity index is 1920. The molecule has 5 atom stereocenters. The van der Waals surface area contributed by atoms with E-state index in [0.717, 1.165) is 77.4 Å². The van der Waals surface area contributed by atoms with E-state index in [0.29, 0.717) is 25.9 Å². The fraction of sp³-hybridized carbons (Fsp3) is 0.421. The SMILES string of the molecule is COC(=O)N[C@@H](C)C(=O)N1CCCC1c1ncc(-c2ccc(-c3ccc(-c4cnc(C5CCCN5C(=O)[C@@H]5CCC[C@H]5NC(=O)O)[nH]4)cc3)cc2)[nH]1. The van der Waals surface area contributed by atoms with Crippen LogP contribution in [0.5, 0.6) is 0 Å². The monoisotopic (exact) mass is 708 g/mol. The van der Waals surface area contributed by atoms with Crippen molar-refractivity contribution in [3.63, 3.8) is 0 Å². The quantitative estimate of drug-likeness (QED) is 0.148. The number of hydrogen-bond acceptors (Lipinski definition) is 7. The summed E-state index contributed by atoms with van der Waals surface area (Å²) in [5.74, 6) is 0.968. The van der Waals surface area contributed by atoms with Crippen molar-refractivity contribution < 1.29 is 29.0 Å². The van der Waals surface area contributed by atoms with E-state index >= 15 is 0 Å². The van der Waals surface area contributed by atoms with E-state index in [-0.39, 0.29) is 35.9 Å². The van der Waals surface area contributed by atoms with Gasteiger partial charge in [-0.3, -0.25) is 9.59 Å². The van der Waals surface area contributed by atoms with E-state index in [2.05, 4.69) is 71.7 Å². The Labute approximate surface area is 301 Å². The summed E-state index contributed by atoms with van der Waals surface area (Å²) in [6, 6.07) is 15.1. The van der Waals surface area contributed by atoms with Gasteiger partial charge in [0, 0.05) is 19.1 Å². The number of H-pyrrole nitrogens is 2. The third-order valence-electron chi connectivity index (χ3n) is 10.7. The topological polar surface area (TPSA) is 186 Å². The van der Waals surface area contributed by atoms with Crippen LogP contribution in [-0.4, -0.2) is 91.1 Å². The molecule has 2 aromatic heterocycles. The van der Waals surface area contributed by atoms with Gasteiger partial charge in [0.1, 0.15) is 17.7 Å². The van der Waals surface area contributed by atoms with E-state index in [4.69, 9.17) is 0 Å². The van der Waals surface area contributed by atoms with Crippen LogP contribution in [0.15, 0.2) is 60.9 Å². The number of aromatic nitrogens is 4. The first-order valence-corrected chi connectivity index (χ1v) is 18.0. The molecule has 4 amide bonds. The highest BCUT2D eigenvalue weighted by atomic mass is 16.5. The van der Waals surface area contributed by atoms with Crippen LogP contribution in [-0.2, 0) is 14.3 Å². The van der Waals surface area contributed by atoms with Crippen molar-refractivity contribution in [2.75, 3.05) is 20.2 Å². The first-order chi connectivity index (χ1) is 25.2. The summed E-state index contributed by atoms with van der Waals surface area (Å²) < 4.78 is 4.64. The van der Waals surface area contributed by atoms with Gasteiger partial charge in [-0.25, -0.2) is 19.6 Å². The van der Waals surface area contributed by atoms with Crippen LogP contribution in [0, 0.1) is 5.92 Å². The number of rotatable bonds is 9. The maximum atomic E-state index is 13.5. The van der Waals surface area contributed by atoms with Crippen LogP contribution in [0.25, 0.3) is 33.6 Å². The molecule has 2 aromatic carbocycles. The molecular formula is C38H44N8O6. The number of likely N-dealkylation sites (tertiary alicyclic amines) is 2. The van der Waals surface area contributed by atoms with Crippen molar-refractivity contribution >= 4 is 24.0 Å². The Morgan fingerprint density at radius 2 is 1.29 bits per heavy atom. The van der Waals surface area contributed by atoms with Gasteiger partial charge in [-0.1, -0.05) is 55.0 Å². The minimum absolute atomic E-state index is 0.00787. The second-order valence-corrected chi connectivity index (χ2v) is 13.8. The molecule has 3 fully saturated rings. The van der Waals surface area contributed by atoms with Gasteiger partial charge in [-0.05, 0) is 67.7 Å². The number of alkyl carbamates (subject to hydrolysis) is 1. The van der Waals surface area contributed by atoms with Crippen LogP contribution in [0.2, 0.25) is 0 Å². The summed E-state index contributed by atoms with van der Waals surface area (Å²) in [6.07, 6.45) is 7.40. The summed E-state index contributed by atoms with van der Waals surface area (Å²) in [7, 11) is 1.27. The minimum atomic E-state index is -1.09. The molecule has 1 saturated carbocycles. The Morgan fingerprint density at radius 3 is 1.83 bits per heavy atom.